The van der Waals surface area contributed by atoms with Gasteiger partial charge in [0.25, 0.3) is 11.8 Å². The van der Waals surface area contributed by atoms with Crippen LogP contribution in [0.15, 0.2) is 72.2 Å². The average molecular weight is 464 g/mol. The zero-order valence-corrected chi connectivity index (χ0v) is 18.7. The molecular weight excluding hydrogens is 440 g/mol. The molecule has 1 fully saturated rings. The molecule has 5 rings (SSSR count). The van der Waals surface area contributed by atoms with Crippen LogP contribution in [-0.4, -0.2) is 34.8 Å². The number of halogens is 2. The van der Waals surface area contributed by atoms with Gasteiger partial charge in [-0.3, -0.25) is 9.69 Å². The second-order valence-electron chi connectivity index (χ2n) is 8.40. The number of fused-ring (bicyclic) bond motifs is 1. The topological polar surface area (TPSA) is 45.2 Å². The van der Waals surface area contributed by atoms with Crippen molar-refractivity contribution in [1.82, 2.24) is 9.88 Å². The number of amides is 1. The maximum atomic E-state index is 14.0. The number of likely N-dealkylation sites (tertiary alicyclic amines) is 1. The standard InChI is InChI=1S/C26H23F2N3OS/c27-26(28)11-4-12-31(16-26)15-20-13-19(7-9-22(20)18-5-2-1-3-6-18)25(32)30-21-8-10-24-23(14-21)29-17-33-24/h1-3,5-10,13-14,17H,4,11-12,15-16H2,(H,30,32). The first kappa shape index (κ1) is 21.7. The van der Waals surface area contributed by atoms with E-state index in [9.17, 15) is 13.6 Å². The molecule has 1 amide bonds. The minimum Gasteiger partial charge on any atom is -0.322 e. The number of nitrogens with zero attached hydrogens (tertiary/aromatic N) is 2. The van der Waals surface area contributed by atoms with E-state index in [1.54, 1.807) is 27.8 Å². The molecule has 0 aliphatic carbocycles. The molecular formula is C26H23F2N3OS. The molecule has 0 bridgehead atoms. The largest absolute Gasteiger partial charge is 0.322 e. The zero-order chi connectivity index (χ0) is 22.8. The predicted molar refractivity (Wildman–Crippen MR) is 129 cm³/mol. The molecule has 1 aromatic heterocycles. The highest BCUT2D eigenvalue weighted by molar-refractivity contribution is 7.16. The Balaban J connectivity index is 1.44. The molecule has 0 spiro atoms. The van der Waals surface area contributed by atoms with E-state index in [0.717, 1.165) is 26.9 Å². The van der Waals surface area contributed by atoms with Crippen molar-refractivity contribution < 1.29 is 13.6 Å². The van der Waals surface area contributed by atoms with Gasteiger partial charge in [-0.15, -0.1) is 11.3 Å². The number of thiazole rings is 1. The maximum absolute atomic E-state index is 14.0. The first-order valence-electron chi connectivity index (χ1n) is 10.9. The molecule has 1 N–H and O–H groups in total. The first-order chi connectivity index (χ1) is 16.0. The lowest BCUT2D eigenvalue weighted by atomic mass is 9.96. The highest BCUT2D eigenvalue weighted by Gasteiger charge is 2.35. The molecule has 0 radical (unpaired) electrons. The number of nitrogens with one attached hydrogen (secondary N) is 1. The molecule has 168 valence electrons. The van der Waals surface area contributed by atoms with Crippen LogP contribution in [0, 0.1) is 0 Å². The molecule has 3 aromatic carbocycles. The average Bonchev–Trinajstić information content (AvgIpc) is 3.27. The van der Waals surface area contributed by atoms with Gasteiger partial charge in [0.15, 0.2) is 0 Å². The molecule has 7 heteroatoms. The summed E-state index contributed by atoms with van der Waals surface area (Å²) in [6.45, 7) is 0.727. The van der Waals surface area contributed by atoms with Crippen molar-refractivity contribution >= 4 is 33.1 Å². The van der Waals surface area contributed by atoms with E-state index < -0.39 is 5.92 Å². The lowest BCUT2D eigenvalue weighted by molar-refractivity contribution is -0.0660. The number of aromatic nitrogens is 1. The van der Waals surface area contributed by atoms with Crippen molar-refractivity contribution in [3.8, 4) is 11.1 Å². The van der Waals surface area contributed by atoms with Gasteiger partial charge in [0.2, 0.25) is 0 Å². The Labute approximate surface area is 194 Å². The predicted octanol–water partition coefficient (Wildman–Crippen LogP) is 6.45. The maximum Gasteiger partial charge on any atom is 0.260 e. The van der Waals surface area contributed by atoms with Gasteiger partial charge in [-0.05, 0) is 60.0 Å². The third-order valence-corrected chi connectivity index (χ3v) is 6.72. The fourth-order valence-electron chi connectivity index (χ4n) is 4.33. The number of benzene rings is 3. The molecule has 33 heavy (non-hydrogen) atoms. The Hall–Kier alpha value is -3.16. The Bertz CT molecular complexity index is 1290. The van der Waals surface area contributed by atoms with Gasteiger partial charge in [0.05, 0.1) is 22.3 Å². The first-order valence-corrected chi connectivity index (χ1v) is 11.8. The Morgan fingerprint density at radius 3 is 2.76 bits per heavy atom. The summed E-state index contributed by atoms with van der Waals surface area (Å²) in [6, 6.07) is 21.0. The quantitative estimate of drug-likeness (QED) is 0.370. The van der Waals surface area contributed by atoms with Crippen LogP contribution in [0.2, 0.25) is 0 Å². The van der Waals surface area contributed by atoms with E-state index in [1.165, 1.54) is 0 Å². The summed E-state index contributed by atoms with van der Waals surface area (Å²) >= 11 is 1.55. The van der Waals surface area contributed by atoms with Gasteiger partial charge in [-0.1, -0.05) is 36.4 Å². The second kappa shape index (κ2) is 9.00. The number of piperidine rings is 1. The van der Waals surface area contributed by atoms with Crippen LogP contribution in [0.4, 0.5) is 14.5 Å². The van der Waals surface area contributed by atoms with Crippen molar-refractivity contribution in [2.24, 2.45) is 0 Å². The van der Waals surface area contributed by atoms with Crippen LogP contribution in [0.25, 0.3) is 21.3 Å². The summed E-state index contributed by atoms with van der Waals surface area (Å²) in [5, 5.41) is 2.94. The molecule has 1 aliphatic heterocycles. The number of alkyl halides is 2. The van der Waals surface area contributed by atoms with E-state index in [4.69, 9.17) is 0 Å². The van der Waals surface area contributed by atoms with Gasteiger partial charge >= 0.3 is 0 Å². The number of carbonyl (C=O) groups excluding carboxylic acids is 1. The summed E-state index contributed by atoms with van der Waals surface area (Å²) in [4.78, 5) is 19.1. The molecule has 0 saturated carbocycles. The third kappa shape index (κ3) is 4.94. The van der Waals surface area contributed by atoms with Crippen LogP contribution in [0.3, 0.4) is 0 Å². The van der Waals surface area contributed by atoms with Crippen LogP contribution in [0.1, 0.15) is 28.8 Å². The van der Waals surface area contributed by atoms with Gasteiger partial charge in [-0.2, -0.15) is 0 Å². The van der Waals surface area contributed by atoms with Crippen molar-refractivity contribution in [1.29, 1.82) is 0 Å². The van der Waals surface area contributed by atoms with Crippen LogP contribution < -0.4 is 5.32 Å². The van der Waals surface area contributed by atoms with Gasteiger partial charge < -0.3 is 5.32 Å². The third-order valence-electron chi connectivity index (χ3n) is 5.91. The molecule has 1 aliphatic rings. The zero-order valence-electron chi connectivity index (χ0n) is 17.9. The lowest BCUT2D eigenvalue weighted by Gasteiger charge is -2.33. The number of hydrogen-bond donors (Lipinski definition) is 1. The lowest BCUT2D eigenvalue weighted by Crippen LogP contribution is -2.42. The summed E-state index contributed by atoms with van der Waals surface area (Å²) in [5.41, 5.74) is 6.58. The number of carbonyl (C=O) groups is 1. The number of rotatable bonds is 5. The minimum atomic E-state index is -2.67. The van der Waals surface area contributed by atoms with E-state index in [-0.39, 0.29) is 18.9 Å². The normalized spacial score (nSPS) is 16.1. The van der Waals surface area contributed by atoms with Crippen LogP contribution >= 0.6 is 11.3 Å². The Morgan fingerprint density at radius 2 is 1.94 bits per heavy atom. The Morgan fingerprint density at radius 1 is 1.09 bits per heavy atom. The number of anilines is 1. The van der Waals surface area contributed by atoms with E-state index in [0.29, 0.717) is 30.8 Å². The molecule has 1 saturated heterocycles. The highest BCUT2D eigenvalue weighted by atomic mass is 32.1. The van der Waals surface area contributed by atoms with Crippen molar-refractivity contribution in [2.75, 3.05) is 18.4 Å². The van der Waals surface area contributed by atoms with Crippen LogP contribution in [0.5, 0.6) is 0 Å². The van der Waals surface area contributed by atoms with Gasteiger partial charge in [0.1, 0.15) is 0 Å². The SMILES string of the molecule is O=C(Nc1ccc2scnc2c1)c1ccc(-c2ccccc2)c(CN2CCCC(F)(F)C2)c1. The van der Waals surface area contributed by atoms with E-state index in [1.807, 2.05) is 60.7 Å². The van der Waals surface area contributed by atoms with Crippen molar-refractivity contribution in [2.45, 2.75) is 25.3 Å². The van der Waals surface area contributed by atoms with Crippen LogP contribution in [-0.2, 0) is 6.54 Å². The summed E-state index contributed by atoms with van der Waals surface area (Å²) < 4.78 is 29.1. The monoisotopic (exact) mass is 463 g/mol. The number of hydrogen-bond acceptors (Lipinski definition) is 4. The highest BCUT2D eigenvalue weighted by Crippen LogP contribution is 2.31. The fourth-order valence-corrected chi connectivity index (χ4v) is 4.99. The molecule has 0 unspecified atom stereocenters. The summed E-state index contributed by atoms with van der Waals surface area (Å²) in [5.74, 6) is -2.91. The summed E-state index contributed by atoms with van der Waals surface area (Å²) in [6.07, 6.45) is 0.397. The smallest absolute Gasteiger partial charge is 0.260 e. The Kier molecular flexibility index (Phi) is 5.91. The van der Waals surface area contributed by atoms with E-state index in [2.05, 4.69) is 10.3 Å². The van der Waals surface area contributed by atoms with Gasteiger partial charge in [0, 0.05) is 24.2 Å². The second-order valence-corrected chi connectivity index (χ2v) is 9.28. The van der Waals surface area contributed by atoms with Crippen molar-refractivity contribution in [3.05, 3.63) is 83.4 Å². The minimum absolute atomic E-state index is 0.0686. The molecule has 2 heterocycles. The molecule has 4 nitrogen and oxygen atoms in total. The summed E-state index contributed by atoms with van der Waals surface area (Å²) in [7, 11) is 0. The van der Waals surface area contributed by atoms with Gasteiger partial charge in [-0.25, -0.2) is 13.8 Å². The fraction of sp³-hybridized carbons (Fsp3) is 0.231. The van der Waals surface area contributed by atoms with Crippen molar-refractivity contribution in [3.63, 3.8) is 0 Å². The molecule has 0 atom stereocenters. The molecule has 4 aromatic rings. The van der Waals surface area contributed by atoms with E-state index >= 15 is 0 Å².